The third-order valence-corrected chi connectivity index (χ3v) is 3.65. The number of nitrogens with one attached hydrogen (secondary N) is 1. The summed E-state index contributed by atoms with van der Waals surface area (Å²) in [5.74, 6) is -1.08. The van der Waals surface area contributed by atoms with Crippen molar-refractivity contribution in [1.29, 1.82) is 0 Å². The summed E-state index contributed by atoms with van der Waals surface area (Å²) in [4.78, 5) is 21.7. The zero-order chi connectivity index (χ0) is 10.0. The number of aliphatic carboxylic acids is 1. The van der Waals surface area contributed by atoms with Gasteiger partial charge in [0.05, 0.1) is 11.7 Å². The minimum absolute atomic E-state index is 0.0897. The number of amides is 1. The Balaban J connectivity index is 2.56. The SMILES string of the molecule is CC1NC(=O)C(CC(=O)O)SC1C. The van der Waals surface area contributed by atoms with Crippen molar-refractivity contribution in [2.75, 3.05) is 0 Å². The molecule has 0 aromatic rings. The molecular formula is C8H13NO3S. The second-order valence-corrected chi connectivity index (χ2v) is 4.81. The third-order valence-electron chi connectivity index (χ3n) is 2.11. The molecule has 1 aliphatic heterocycles. The van der Waals surface area contributed by atoms with E-state index in [4.69, 9.17) is 5.11 Å². The van der Waals surface area contributed by atoms with E-state index in [-0.39, 0.29) is 23.6 Å². The number of carboxylic acids is 1. The highest BCUT2D eigenvalue weighted by Crippen LogP contribution is 2.27. The lowest BCUT2D eigenvalue weighted by Gasteiger charge is -2.31. The zero-order valence-electron chi connectivity index (χ0n) is 7.61. The number of hydrogen-bond acceptors (Lipinski definition) is 3. The smallest absolute Gasteiger partial charge is 0.305 e. The van der Waals surface area contributed by atoms with Crippen molar-refractivity contribution < 1.29 is 14.7 Å². The zero-order valence-corrected chi connectivity index (χ0v) is 8.43. The highest BCUT2D eigenvalue weighted by Gasteiger charge is 2.32. The van der Waals surface area contributed by atoms with Crippen molar-refractivity contribution in [2.24, 2.45) is 0 Å². The molecule has 0 bridgehead atoms. The molecule has 1 fully saturated rings. The van der Waals surface area contributed by atoms with E-state index in [0.717, 1.165) is 0 Å². The van der Waals surface area contributed by atoms with E-state index >= 15 is 0 Å². The van der Waals surface area contributed by atoms with Crippen LogP contribution in [0.4, 0.5) is 0 Å². The van der Waals surface area contributed by atoms with E-state index in [9.17, 15) is 9.59 Å². The molecular weight excluding hydrogens is 190 g/mol. The van der Waals surface area contributed by atoms with Gasteiger partial charge in [-0.2, -0.15) is 0 Å². The molecule has 5 heteroatoms. The molecule has 1 amide bonds. The van der Waals surface area contributed by atoms with Gasteiger partial charge in [0.25, 0.3) is 0 Å². The second-order valence-electron chi connectivity index (χ2n) is 3.22. The molecule has 0 aromatic heterocycles. The first-order valence-corrected chi connectivity index (χ1v) is 5.12. The second kappa shape index (κ2) is 4.00. The largest absolute Gasteiger partial charge is 0.481 e. The van der Waals surface area contributed by atoms with Crippen LogP contribution in [-0.2, 0) is 9.59 Å². The van der Waals surface area contributed by atoms with Gasteiger partial charge in [0.1, 0.15) is 0 Å². The average molecular weight is 203 g/mol. The van der Waals surface area contributed by atoms with E-state index in [0.29, 0.717) is 0 Å². The molecule has 0 radical (unpaired) electrons. The van der Waals surface area contributed by atoms with Gasteiger partial charge in [-0.3, -0.25) is 9.59 Å². The predicted molar refractivity (Wildman–Crippen MR) is 50.7 cm³/mol. The quantitative estimate of drug-likeness (QED) is 0.684. The van der Waals surface area contributed by atoms with Gasteiger partial charge in [-0.15, -0.1) is 11.8 Å². The van der Waals surface area contributed by atoms with Crippen molar-refractivity contribution in [3.8, 4) is 0 Å². The summed E-state index contributed by atoms with van der Waals surface area (Å²) >= 11 is 1.44. The lowest BCUT2D eigenvalue weighted by Crippen LogP contribution is -2.49. The number of carboxylic acid groups (broad SMARTS) is 1. The van der Waals surface area contributed by atoms with Gasteiger partial charge in [0, 0.05) is 11.3 Å². The number of rotatable bonds is 2. The molecule has 1 heterocycles. The Morgan fingerprint density at radius 1 is 1.62 bits per heavy atom. The molecule has 3 atom stereocenters. The fourth-order valence-corrected chi connectivity index (χ4v) is 2.43. The van der Waals surface area contributed by atoms with Crippen LogP contribution in [0.25, 0.3) is 0 Å². The number of carbonyl (C=O) groups excluding carboxylic acids is 1. The van der Waals surface area contributed by atoms with Gasteiger partial charge >= 0.3 is 5.97 Å². The molecule has 2 N–H and O–H groups in total. The van der Waals surface area contributed by atoms with Gasteiger partial charge in [0.15, 0.2) is 0 Å². The van der Waals surface area contributed by atoms with Gasteiger partial charge < -0.3 is 10.4 Å². The van der Waals surface area contributed by atoms with E-state index < -0.39 is 11.2 Å². The van der Waals surface area contributed by atoms with E-state index in [1.807, 2.05) is 13.8 Å². The molecule has 4 nitrogen and oxygen atoms in total. The Morgan fingerprint density at radius 3 is 2.77 bits per heavy atom. The Morgan fingerprint density at radius 2 is 2.23 bits per heavy atom. The van der Waals surface area contributed by atoms with Crippen molar-refractivity contribution in [3.05, 3.63) is 0 Å². The van der Waals surface area contributed by atoms with Gasteiger partial charge in [-0.05, 0) is 6.92 Å². The number of hydrogen-bond donors (Lipinski definition) is 2. The highest BCUT2D eigenvalue weighted by molar-refractivity contribution is 8.01. The minimum atomic E-state index is -0.922. The Kier molecular flexibility index (Phi) is 3.19. The van der Waals surface area contributed by atoms with Crippen LogP contribution < -0.4 is 5.32 Å². The maximum Gasteiger partial charge on any atom is 0.305 e. The summed E-state index contributed by atoms with van der Waals surface area (Å²) in [5, 5.41) is 11.2. The molecule has 0 aliphatic carbocycles. The minimum Gasteiger partial charge on any atom is -0.481 e. The molecule has 3 unspecified atom stereocenters. The maximum absolute atomic E-state index is 11.3. The molecule has 1 saturated heterocycles. The van der Waals surface area contributed by atoms with E-state index in [1.165, 1.54) is 11.8 Å². The lowest BCUT2D eigenvalue weighted by molar-refractivity contribution is -0.138. The van der Waals surface area contributed by atoms with Crippen LogP contribution in [-0.4, -0.2) is 33.5 Å². The van der Waals surface area contributed by atoms with Gasteiger partial charge in [0.2, 0.25) is 5.91 Å². The Bertz CT molecular complexity index is 231. The summed E-state index contributed by atoms with van der Waals surface area (Å²) < 4.78 is 0. The predicted octanol–water partition coefficient (Wildman–Crippen LogP) is 0.470. The number of carbonyl (C=O) groups is 2. The Hall–Kier alpha value is -0.710. The van der Waals surface area contributed by atoms with Crippen LogP contribution in [0, 0.1) is 0 Å². The average Bonchev–Trinajstić information content (AvgIpc) is 1.99. The molecule has 1 rings (SSSR count). The third kappa shape index (κ3) is 2.62. The molecule has 0 saturated carbocycles. The summed E-state index contributed by atoms with van der Waals surface area (Å²) in [6.45, 7) is 3.91. The van der Waals surface area contributed by atoms with Crippen LogP contribution in [0.15, 0.2) is 0 Å². The van der Waals surface area contributed by atoms with Crippen LogP contribution in [0.3, 0.4) is 0 Å². The highest BCUT2D eigenvalue weighted by atomic mass is 32.2. The summed E-state index contributed by atoms with van der Waals surface area (Å²) in [5.41, 5.74) is 0. The standard InChI is InChI=1S/C8H13NO3S/c1-4-5(2)13-6(3-7(10)11)8(12)9-4/h4-6H,3H2,1-2H3,(H,9,12)(H,10,11). The summed E-state index contributed by atoms with van der Waals surface area (Å²) in [6, 6.07) is 0.127. The Labute approximate surface area is 81.1 Å². The van der Waals surface area contributed by atoms with Crippen LogP contribution in [0.1, 0.15) is 20.3 Å². The topological polar surface area (TPSA) is 66.4 Å². The fourth-order valence-electron chi connectivity index (χ4n) is 1.17. The molecule has 74 valence electrons. The summed E-state index contributed by atoms with van der Waals surface area (Å²) in [7, 11) is 0. The molecule has 13 heavy (non-hydrogen) atoms. The van der Waals surface area contributed by atoms with Crippen LogP contribution in [0.2, 0.25) is 0 Å². The lowest BCUT2D eigenvalue weighted by atomic mass is 10.2. The van der Waals surface area contributed by atoms with Crippen LogP contribution in [0.5, 0.6) is 0 Å². The fraction of sp³-hybridized carbons (Fsp3) is 0.750. The first-order chi connectivity index (χ1) is 6.00. The first kappa shape index (κ1) is 10.4. The van der Waals surface area contributed by atoms with Gasteiger partial charge in [-0.1, -0.05) is 6.92 Å². The molecule has 0 aromatic carbocycles. The van der Waals surface area contributed by atoms with Crippen molar-refractivity contribution in [1.82, 2.24) is 5.32 Å². The molecule has 0 spiro atoms. The van der Waals surface area contributed by atoms with Crippen molar-refractivity contribution in [3.63, 3.8) is 0 Å². The van der Waals surface area contributed by atoms with Crippen molar-refractivity contribution >= 4 is 23.6 Å². The number of thioether (sulfide) groups is 1. The normalized spacial score (nSPS) is 34.0. The monoisotopic (exact) mass is 203 g/mol. The molecule has 1 aliphatic rings. The van der Waals surface area contributed by atoms with Crippen molar-refractivity contribution in [2.45, 2.75) is 36.8 Å². The summed E-state index contributed by atoms with van der Waals surface area (Å²) in [6.07, 6.45) is -0.0897. The van der Waals surface area contributed by atoms with E-state index in [1.54, 1.807) is 0 Å². The first-order valence-electron chi connectivity index (χ1n) is 4.18. The van der Waals surface area contributed by atoms with Gasteiger partial charge in [-0.25, -0.2) is 0 Å². The van der Waals surface area contributed by atoms with E-state index in [2.05, 4.69) is 5.32 Å². The maximum atomic E-state index is 11.3. The van der Waals surface area contributed by atoms with Crippen LogP contribution >= 0.6 is 11.8 Å².